The molecule has 0 N–H and O–H groups in total. The highest BCUT2D eigenvalue weighted by atomic mass is 16.5. The van der Waals surface area contributed by atoms with Crippen LogP contribution in [0.25, 0.3) is 0 Å². The highest BCUT2D eigenvalue weighted by Gasteiger charge is 2.16. The molecule has 0 bridgehead atoms. The first-order valence-corrected chi connectivity index (χ1v) is 8.60. The fourth-order valence-electron chi connectivity index (χ4n) is 3.21. The van der Waals surface area contributed by atoms with Crippen LogP contribution < -0.4 is 10.2 Å². The molecular weight excluding hydrogens is 300 g/mol. The van der Waals surface area contributed by atoms with Gasteiger partial charge in [0, 0.05) is 6.20 Å². The number of nitrogens with zero attached hydrogens (tertiary/aromatic N) is 2. The van der Waals surface area contributed by atoms with Gasteiger partial charge in [-0.05, 0) is 49.6 Å². The Morgan fingerprint density at radius 1 is 1.17 bits per heavy atom. The van der Waals surface area contributed by atoms with Gasteiger partial charge in [-0.2, -0.15) is 0 Å². The Hall–Kier alpha value is -2.36. The summed E-state index contributed by atoms with van der Waals surface area (Å²) in [7, 11) is 1.58. The largest absolute Gasteiger partial charge is 0.496 e. The summed E-state index contributed by atoms with van der Waals surface area (Å²) >= 11 is 0. The minimum Gasteiger partial charge on any atom is -0.496 e. The quantitative estimate of drug-likeness (QED) is 0.863. The molecule has 0 atom stereocenters. The van der Waals surface area contributed by atoms with E-state index in [-0.39, 0.29) is 5.91 Å². The van der Waals surface area contributed by atoms with Gasteiger partial charge < -0.3 is 4.74 Å². The fraction of sp³-hybridized carbons (Fsp3) is 0.400. The first kappa shape index (κ1) is 16.5. The van der Waals surface area contributed by atoms with E-state index in [4.69, 9.17) is 9.73 Å². The van der Waals surface area contributed by atoms with Crippen molar-refractivity contribution in [1.82, 2.24) is 4.57 Å². The van der Waals surface area contributed by atoms with Gasteiger partial charge in [-0.1, -0.05) is 31.4 Å². The first-order chi connectivity index (χ1) is 11.7. The molecule has 2 aromatic rings. The normalized spacial score (nSPS) is 16.2. The lowest BCUT2D eigenvalue weighted by molar-refractivity contribution is 0.0951. The van der Waals surface area contributed by atoms with Gasteiger partial charge in [0.2, 0.25) is 0 Å². The topological polar surface area (TPSA) is 43.6 Å². The molecule has 0 unspecified atom stereocenters. The number of rotatable bonds is 3. The van der Waals surface area contributed by atoms with Gasteiger partial charge >= 0.3 is 0 Å². The highest BCUT2D eigenvalue weighted by molar-refractivity contribution is 5.98. The Morgan fingerprint density at radius 3 is 2.67 bits per heavy atom. The summed E-state index contributed by atoms with van der Waals surface area (Å²) in [5.41, 5.74) is 2.39. The molecule has 1 saturated carbocycles. The summed E-state index contributed by atoms with van der Waals surface area (Å²) in [6, 6.07) is 11.6. The molecule has 1 aliphatic carbocycles. The SMILES string of the molecule is COc1ccccc1C(=O)n1ccc(C)cc1=NC1CCCCC1. The van der Waals surface area contributed by atoms with E-state index in [1.807, 2.05) is 37.4 Å². The molecule has 4 nitrogen and oxygen atoms in total. The highest BCUT2D eigenvalue weighted by Crippen LogP contribution is 2.20. The molecule has 3 rings (SSSR count). The van der Waals surface area contributed by atoms with E-state index in [0.29, 0.717) is 17.4 Å². The van der Waals surface area contributed by atoms with Crippen LogP contribution in [0.3, 0.4) is 0 Å². The molecule has 4 heteroatoms. The van der Waals surface area contributed by atoms with Gasteiger partial charge in [-0.15, -0.1) is 0 Å². The number of aryl methyl sites for hydroxylation is 1. The van der Waals surface area contributed by atoms with E-state index in [1.165, 1.54) is 19.3 Å². The molecule has 1 heterocycles. The lowest BCUT2D eigenvalue weighted by atomic mass is 9.96. The molecule has 1 aliphatic rings. The molecule has 1 fully saturated rings. The van der Waals surface area contributed by atoms with Gasteiger partial charge in [0.05, 0.1) is 18.7 Å². The number of benzene rings is 1. The van der Waals surface area contributed by atoms with Gasteiger partial charge in [0.25, 0.3) is 5.91 Å². The second-order valence-corrected chi connectivity index (χ2v) is 6.36. The minimum absolute atomic E-state index is 0.109. The summed E-state index contributed by atoms with van der Waals surface area (Å²) in [5.74, 6) is 0.473. The molecule has 24 heavy (non-hydrogen) atoms. The molecule has 0 aliphatic heterocycles. The maximum absolute atomic E-state index is 13.0. The second-order valence-electron chi connectivity index (χ2n) is 6.36. The third-order valence-corrected chi connectivity index (χ3v) is 4.54. The van der Waals surface area contributed by atoms with Crippen LogP contribution in [0.2, 0.25) is 0 Å². The van der Waals surface area contributed by atoms with Crippen molar-refractivity contribution < 1.29 is 9.53 Å². The van der Waals surface area contributed by atoms with Crippen LogP contribution in [0.5, 0.6) is 5.75 Å². The van der Waals surface area contributed by atoms with Crippen LogP contribution in [0.4, 0.5) is 0 Å². The Morgan fingerprint density at radius 2 is 1.92 bits per heavy atom. The van der Waals surface area contributed by atoms with Gasteiger partial charge in [-0.25, -0.2) is 0 Å². The van der Waals surface area contributed by atoms with E-state index in [1.54, 1.807) is 23.8 Å². The third kappa shape index (κ3) is 3.58. The lowest BCUT2D eigenvalue weighted by Crippen LogP contribution is -2.30. The monoisotopic (exact) mass is 324 g/mol. The smallest absolute Gasteiger partial charge is 0.267 e. The van der Waals surface area contributed by atoms with Crippen molar-refractivity contribution in [1.29, 1.82) is 0 Å². The van der Waals surface area contributed by atoms with Crippen LogP contribution in [-0.2, 0) is 0 Å². The third-order valence-electron chi connectivity index (χ3n) is 4.54. The van der Waals surface area contributed by atoms with Gasteiger partial charge in [0.1, 0.15) is 11.2 Å². The molecule has 0 radical (unpaired) electrons. The Balaban J connectivity index is 2.04. The van der Waals surface area contributed by atoms with Crippen molar-refractivity contribution in [3.63, 3.8) is 0 Å². The van der Waals surface area contributed by atoms with Crippen LogP contribution in [-0.4, -0.2) is 23.6 Å². The van der Waals surface area contributed by atoms with Crippen LogP contribution >= 0.6 is 0 Å². The zero-order chi connectivity index (χ0) is 16.9. The van der Waals surface area contributed by atoms with Crippen molar-refractivity contribution >= 4 is 5.91 Å². The summed E-state index contributed by atoms with van der Waals surface area (Å²) < 4.78 is 6.98. The van der Waals surface area contributed by atoms with Crippen molar-refractivity contribution in [2.75, 3.05) is 7.11 Å². The van der Waals surface area contributed by atoms with E-state index >= 15 is 0 Å². The standard InChI is InChI=1S/C20H24N2O2/c1-15-12-13-22(19(14-15)21-16-8-4-3-5-9-16)20(23)17-10-6-7-11-18(17)24-2/h6-7,10-14,16H,3-5,8-9H2,1-2H3. The van der Waals surface area contributed by atoms with Gasteiger partial charge in [0.15, 0.2) is 0 Å². The van der Waals surface area contributed by atoms with Crippen LogP contribution in [0.1, 0.15) is 48.0 Å². The zero-order valence-corrected chi connectivity index (χ0v) is 14.4. The number of carbonyl (C=O) groups is 1. The van der Waals surface area contributed by atoms with Crippen molar-refractivity contribution in [2.24, 2.45) is 4.99 Å². The van der Waals surface area contributed by atoms with E-state index in [0.717, 1.165) is 23.9 Å². The van der Waals surface area contributed by atoms with Crippen molar-refractivity contribution in [3.05, 3.63) is 59.2 Å². The Kier molecular flexibility index (Phi) is 5.14. The number of ether oxygens (including phenoxy) is 1. The average molecular weight is 324 g/mol. The number of para-hydroxylation sites is 1. The minimum atomic E-state index is -0.109. The summed E-state index contributed by atoms with van der Waals surface area (Å²) in [4.78, 5) is 17.9. The van der Waals surface area contributed by atoms with Crippen LogP contribution in [0.15, 0.2) is 47.6 Å². The number of methoxy groups -OCH3 is 1. The predicted octanol–water partition coefficient (Wildman–Crippen LogP) is 3.73. The number of pyridine rings is 1. The molecule has 1 aromatic heterocycles. The fourth-order valence-corrected chi connectivity index (χ4v) is 3.21. The number of hydrogen-bond acceptors (Lipinski definition) is 3. The van der Waals surface area contributed by atoms with E-state index in [9.17, 15) is 4.79 Å². The maximum atomic E-state index is 13.0. The van der Waals surface area contributed by atoms with Crippen molar-refractivity contribution in [3.8, 4) is 5.75 Å². The van der Waals surface area contributed by atoms with E-state index in [2.05, 4.69) is 0 Å². The number of aromatic nitrogens is 1. The number of hydrogen-bond donors (Lipinski definition) is 0. The predicted molar refractivity (Wildman–Crippen MR) is 94.3 cm³/mol. The average Bonchev–Trinajstić information content (AvgIpc) is 2.62. The Labute approximate surface area is 142 Å². The Bertz CT molecular complexity index is 786. The summed E-state index contributed by atoms with van der Waals surface area (Å²) in [6.07, 6.45) is 7.76. The molecule has 1 aromatic carbocycles. The van der Waals surface area contributed by atoms with Crippen LogP contribution in [0, 0.1) is 6.92 Å². The first-order valence-electron chi connectivity index (χ1n) is 8.60. The number of carbonyl (C=O) groups excluding carboxylic acids is 1. The molecule has 126 valence electrons. The van der Waals surface area contributed by atoms with Gasteiger partial charge in [-0.3, -0.25) is 14.4 Å². The maximum Gasteiger partial charge on any atom is 0.267 e. The molecule has 0 spiro atoms. The van der Waals surface area contributed by atoms with Crippen molar-refractivity contribution in [2.45, 2.75) is 45.1 Å². The second kappa shape index (κ2) is 7.47. The molecule has 0 amide bonds. The summed E-state index contributed by atoms with van der Waals surface area (Å²) in [5, 5.41) is 0. The molecular formula is C20H24N2O2. The lowest BCUT2D eigenvalue weighted by Gasteiger charge is -2.18. The van der Waals surface area contributed by atoms with E-state index < -0.39 is 0 Å². The summed E-state index contributed by atoms with van der Waals surface area (Å²) in [6.45, 7) is 2.03. The molecule has 0 saturated heterocycles. The zero-order valence-electron chi connectivity index (χ0n) is 14.4.